The first-order chi connectivity index (χ1) is 10.9. The highest BCUT2D eigenvalue weighted by molar-refractivity contribution is 9.10. The number of amides is 1. The van der Waals surface area contributed by atoms with Crippen LogP contribution in [0.3, 0.4) is 0 Å². The van der Waals surface area contributed by atoms with E-state index < -0.39 is 5.97 Å². The number of hydrogen-bond acceptors (Lipinski definition) is 5. The Labute approximate surface area is 143 Å². The average molecular weight is 383 g/mol. The second kappa shape index (κ2) is 7.14. The minimum Gasteiger partial charge on any atom is -0.466 e. The predicted octanol–water partition coefficient (Wildman–Crippen LogP) is 1.74. The molecule has 1 amide bonds. The maximum absolute atomic E-state index is 12.5. The molecule has 2 rings (SSSR count). The van der Waals surface area contributed by atoms with Crippen LogP contribution < -0.4 is 5.32 Å². The van der Waals surface area contributed by atoms with Gasteiger partial charge in [-0.25, -0.2) is 4.79 Å². The van der Waals surface area contributed by atoms with Gasteiger partial charge in [0.2, 0.25) is 0 Å². The summed E-state index contributed by atoms with van der Waals surface area (Å²) in [6.07, 6.45) is 0. The molecule has 0 unspecified atom stereocenters. The number of anilines is 1. The van der Waals surface area contributed by atoms with Gasteiger partial charge in [0.05, 0.1) is 25.8 Å². The van der Waals surface area contributed by atoms with Gasteiger partial charge in [-0.2, -0.15) is 0 Å². The molecular weight excluding hydrogens is 364 g/mol. The first kappa shape index (κ1) is 17.5. The number of aliphatic hydroxyl groups excluding tert-OH is 1. The molecule has 124 valence electrons. The molecule has 0 bridgehead atoms. The summed E-state index contributed by atoms with van der Waals surface area (Å²) in [5.74, 6) is -0.871. The van der Waals surface area contributed by atoms with E-state index in [1.54, 1.807) is 0 Å². The number of methoxy groups -OCH3 is 1. The zero-order valence-electron chi connectivity index (χ0n) is 13.3. The SMILES string of the molecule is COC(=O)C1=C(Nc2c(C)ccc(Br)c2C)C(=O)N(CCO)C1. The Balaban J connectivity index is 2.43. The lowest BCUT2D eigenvalue weighted by Gasteiger charge is -2.17. The number of carbonyl (C=O) groups is 2. The fourth-order valence-corrected chi connectivity index (χ4v) is 2.82. The molecule has 1 aliphatic rings. The van der Waals surface area contributed by atoms with Gasteiger partial charge in [0.15, 0.2) is 0 Å². The van der Waals surface area contributed by atoms with Crippen LogP contribution in [0.5, 0.6) is 0 Å². The van der Waals surface area contributed by atoms with E-state index in [0.717, 1.165) is 21.3 Å². The maximum atomic E-state index is 12.5. The van der Waals surface area contributed by atoms with Crippen LogP contribution in [0.25, 0.3) is 0 Å². The van der Waals surface area contributed by atoms with E-state index in [2.05, 4.69) is 21.2 Å². The Hall–Kier alpha value is -1.86. The number of rotatable bonds is 5. The van der Waals surface area contributed by atoms with E-state index in [1.165, 1.54) is 12.0 Å². The zero-order chi connectivity index (χ0) is 17.1. The van der Waals surface area contributed by atoms with Crippen molar-refractivity contribution in [1.29, 1.82) is 0 Å². The first-order valence-corrected chi connectivity index (χ1v) is 7.94. The molecule has 1 heterocycles. The molecule has 0 aromatic heterocycles. The maximum Gasteiger partial charge on any atom is 0.337 e. The summed E-state index contributed by atoms with van der Waals surface area (Å²) in [4.78, 5) is 25.9. The molecule has 0 aliphatic carbocycles. The summed E-state index contributed by atoms with van der Waals surface area (Å²) in [7, 11) is 1.28. The highest BCUT2D eigenvalue weighted by Crippen LogP contribution is 2.30. The molecule has 2 N–H and O–H groups in total. The minimum absolute atomic E-state index is 0.125. The summed E-state index contributed by atoms with van der Waals surface area (Å²) in [5, 5.41) is 12.2. The van der Waals surface area contributed by atoms with Crippen LogP contribution in [0.15, 0.2) is 27.9 Å². The van der Waals surface area contributed by atoms with Crippen LogP contribution in [0, 0.1) is 13.8 Å². The van der Waals surface area contributed by atoms with Gasteiger partial charge >= 0.3 is 5.97 Å². The summed E-state index contributed by atoms with van der Waals surface area (Å²) < 4.78 is 5.68. The number of carbonyl (C=O) groups excluding carboxylic acids is 2. The van der Waals surface area contributed by atoms with Crippen LogP contribution in [0.2, 0.25) is 0 Å². The lowest BCUT2D eigenvalue weighted by Crippen LogP contribution is -2.31. The monoisotopic (exact) mass is 382 g/mol. The number of esters is 1. The lowest BCUT2D eigenvalue weighted by molar-refractivity contribution is -0.136. The number of β-amino-alcohol motifs (C(OH)–C–C–N with tert-alkyl or cyclic N) is 1. The van der Waals surface area contributed by atoms with Gasteiger partial charge in [0.25, 0.3) is 5.91 Å². The van der Waals surface area contributed by atoms with Crippen LogP contribution in [-0.2, 0) is 14.3 Å². The van der Waals surface area contributed by atoms with E-state index in [-0.39, 0.29) is 36.9 Å². The molecule has 1 aromatic carbocycles. The number of halogens is 1. The molecular formula is C16H19BrN2O4. The number of nitrogens with zero attached hydrogens (tertiary/aromatic N) is 1. The fraction of sp³-hybridized carbons (Fsp3) is 0.375. The first-order valence-electron chi connectivity index (χ1n) is 7.15. The van der Waals surface area contributed by atoms with Gasteiger partial charge in [-0.15, -0.1) is 0 Å². The Morgan fingerprint density at radius 2 is 2.13 bits per heavy atom. The Morgan fingerprint density at radius 3 is 2.74 bits per heavy atom. The molecule has 1 aromatic rings. The fourth-order valence-electron chi connectivity index (χ4n) is 2.49. The highest BCUT2D eigenvalue weighted by atomic mass is 79.9. The van der Waals surface area contributed by atoms with E-state index in [4.69, 9.17) is 9.84 Å². The number of benzene rings is 1. The number of nitrogens with one attached hydrogen (secondary N) is 1. The molecule has 0 fully saturated rings. The van der Waals surface area contributed by atoms with Crippen molar-refractivity contribution in [2.45, 2.75) is 13.8 Å². The van der Waals surface area contributed by atoms with Crippen molar-refractivity contribution in [3.05, 3.63) is 39.0 Å². The number of aliphatic hydroxyl groups is 1. The molecule has 0 spiro atoms. The van der Waals surface area contributed by atoms with Crippen LogP contribution in [0.4, 0.5) is 5.69 Å². The Morgan fingerprint density at radius 1 is 1.43 bits per heavy atom. The van der Waals surface area contributed by atoms with Gasteiger partial charge in [-0.3, -0.25) is 4.79 Å². The third-order valence-corrected chi connectivity index (χ3v) is 4.67. The molecule has 0 saturated carbocycles. The summed E-state index contributed by atoms with van der Waals surface area (Å²) in [5.41, 5.74) is 3.14. The molecule has 23 heavy (non-hydrogen) atoms. The van der Waals surface area contributed by atoms with Crippen LogP contribution in [0.1, 0.15) is 11.1 Å². The Kier molecular flexibility index (Phi) is 5.43. The van der Waals surface area contributed by atoms with Crippen molar-refractivity contribution in [3.8, 4) is 0 Å². The standard InChI is InChI=1S/C16H19BrN2O4/c1-9-4-5-12(17)10(2)13(9)18-14-11(16(22)23-3)8-19(6-7-20)15(14)21/h4-5,18,20H,6-8H2,1-3H3. The quantitative estimate of drug-likeness (QED) is 0.758. The van der Waals surface area contributed by atoms with Crippen LogP contribution >= 0.6 is 15.9 Å². The van der Waals surface area contributed by atoms with Crippen molar-refractivity contribution in [2.75, 3.05) is 32.1 Å². The van der Waals surface area contributed by atoms with E-state index >= 15 is 0 Å². The van der Waals surface area contributed by atoms with E-state index in [0.29, 0.717) is 0 Å². The number of aryl methyl sites for hydroxylation is 1. The van der Waals surface area contributed by atoms with E-state index in [1.807, 2.05) is 26.0 Å². The van der Waals surface area contributed by atoms with Crippen LogP contribution in [-0.4, -0.2) is 48.7 Å². The second-order valence-corrected chi connectivity index (χ2v) is 6.14. The largest absolute Gasteiger partial charge is 0.466 e. The third kappa shape index (κ3) is 3.40. The van der Waals surface area contributed by atoms with Crippen molar-refractivity contribution in [2.24, 2.45) is 0 Å². The van der Waals surface area contributed by atoms with Gasteiger partial charge < -0.3 is 20.1 Å². The van der Waals surface area contributed by atoms with Crippen molar-refractivity contribution in [1.82, 2.24) is 4.90 Å². The van der Waals surface area contributed by atoms with Gasteiger partial charge in [0, 0.05) is 16.7 Å². The molecule has 0 radical (unpaired) electrons. The number of hydrogen-bond donors (Lipinski definition) is 2. The smallest absolute Gasteiger partial charge is 0.337 e. The highest BCUT2D eigenvalue weighted by Gasteiger charge is 2.34. The second-order valence-electron chi connectivity index (χ2n) is 5.28. The van der Waals surface area contributed by atoms with E-state index in [9.17, 15) is 9.59 Å². The van der Waals surface area contributed by atoms with Crippen molar-refractivity contribution in [3.63, 3.8) is 0 Å². The normalized spacial score (nSPS) is 14.5. The third-order valence-electron chi connectivity index (χ3n) is 3.81. The van der Waals surface area contributed by atoms with Gasteiger partial charge in [-0.1, -0.05) is 22.0 Å². The minimum atomic E-state index is -0.549. The summed E-state index contributed by atoms with van der Waals surface area (Å²) in [6, 6.07) is 3.85. The molecule has 6 nitrogen and oxygen atoms in total. The predicted molar refractivity (Wildman–Crippen MR) is 89.9 cm³/mol. The topological polar surface area (TPSA) is 78.9 Å². The summed E-state index contributed by atoms with van der Waals surface area (Å²) >= 11 is 3.46. The molecule has 7 heteroatoms. The lowest BCUT2D eigenvalue weighted by atomic mass is 10.1. The number of ether oxygens (including phenoxy) is 1. The Bertz CT molecular complexity index is 685. The van der Waals surface area contributed by atoms with Gasteiger partial charge in [0.1, 0.15) is 5.70 Å². The van der Waals surface area contributed by atoms with Gasteiger partial charge in [-0.05, 0) is 31.0 Å². The van der Waals surface area contributed by atoms with Crippen molar-refractivity contribution < 1.29 is 19.4 Å². The average Bonchev–Trinajstić information content (AvgIpc) is 2.84. The van der Waals surface area contributed by atoms with Crippen molar-refractivity contribution >= 4 is 33.5 Å². The zero-order valence-corrected chi connectivity index (χ0v) is 14.9. The molecule has 0 saturated heterocycles. The molecule has 0 atom stereocenters. The molecule has 1 aliphatic heterocycles. The summed E-state index contributed by atoms with van der Waals surface area (Å²) in [6.45, 7) is 3.97.